The lowest BCUT2D eigenvalue weighted by Gasteiger charge is -2.25. The molecule has 1 aromatic rings. The third-order valence-electron chi connectivity index (χ3n) is 3.29. The first kappa shape index (κ1) is 13.2. The van der Waals surface area contributed by atoms with E-state index in [1.807, 2.05) is 18.2 Å². The van der Waals surface area contributed by atoms with Crippen LogP contribution in [0, 0.1) is 0 Å². The van der Waals surface area contributed by atoms with E-state index in [0.29, 0.717) is 0 Å². The number of amidine groups is 1. The summed E-state index contributed by atoms with van der Waals surface area (Å²) in [5.74, 6) is 0.163. The molecular formula is C13H18BrN3O. The molecule has 0 aliphatic carbocycles. The second-order valence-electron chi connectivity index (χ2n) is 4.55. The molecule has 0 radical (unpaired) electrons. The summed E-state index contributed by atoms with van der Waals surface area (Å²) in [6.45, 7) is 2.07. The second-order valence-corrected chi connectivity index (χ2v) is 5.46. The predicted octanol–water partition coefficient (Wildman–Crippen LogP) is 2.92. The molecule has 1 saturated heterocycles. The first-order chi connectivity index (χ1) is 8.72. The van der Waals surface area contributed by atoms with Crippen molar-refractivity contribution in [1.29, 1.82) is 0 Å². The molecule has 1 fully saturated rings. The van der Waals surface area contributed by atoms with Gasteiger partial charge in [-0.1, -0.05) is 33.9 Å². The number of nitrogens with two attached hydrogens (primary N) is 1. The monoisotopic (exact) mass is 311 g/mol. The lowest BCUT2D eigenvalue weighted by atomic mass is 10.1. The standard InChI is InChI=1S/C13H18BrN3O/c14-10-5-6-12(11(9-10)13(15)16-18)17-7-3-1-2-4-8-17/h5-6,9,18H,1-4,7-8H2,(H2,15,16). The third-order valence-corrected chi connectivity index (χ3v) is 3.78. The summed E-state index contributed by atoms with van der Waals surface area (Å²) in [7, 11) is 0. The van der Waals surface area contributed by atoms with Crippen LogP contribution >= 0.6 is 15.9 Å². The molecule has 98 valence electrons. The second kappa shape index (κ2) is 6.09. The highest BCUT2D eigenvalue weighted by Crippen LogP contribution is 2.26. The van der Waals surface area contributed by atoms with E-state index in [-0.39, 0.29) is 5.84 Å². The number of hydrogen-bond acceptors (Lipinski definition) is 3. The minimum atomic E-state index is 0.163. The lowest BCUT2D eigenvalue weighted by Crippen LogP contribution is -2.27. The molecule has 0 unspecified atom stereocenters. The highest BCUT2D eigenvalue weighted by atomic mass is 79.9. The van der Waals surface area contributed by atoms with E-state index < -0.39 is 0 Å². The van der Waals surface area contributed by atoms with Crippen LogP contribution in [0.4, 0.5) is 5.69 Å². The van der Waals surface area contributed by atoms with Crippen molar-refractivity contribution in [3.8, 4) is 0 Å². The molecule has 4 nitrogen and oxygen atoms in total. The van der Waals surface area contributed by atoms with Crippen molar-refractivity contribution in [1.82, 2.24) is 0 Å². The van der Waals surface area contributed by atoms with E-state index in [9.17, 15) is 0 Å². The summed E-state index contributed by atoms with van der Waals surface area (Å²) in [4.78, 5) is 2.33. The van der Waals surface area contributed by atoms with Gasteiger partial charge in [-0.25, -0.2) is 0 Å². The molecule has 0 amide bonds. The highest BCUT2D eigenvalue weighted by molar-refractivity contribution is 9.10. The number of anilines is 1. The van der Waals surface area contributed by atoms with E-state index in [0.717, 1.165) is 28.8 Å². The number of hydrogen-bond donors (Lipinski definition) is 2. The van der Waals surface area contributed by atoms with Crippen LogP contribution in [0.5, 0.6) is 0 Å². The smallest absolute Gasteiger partial charge is 0.172 e. The summed E-state index contributed by atoms with van der Waals surface area (Å²) in [6, 6.07) is 5.92. The number of rotatable bonds is 2. The molecule has 5 heteroatoms. The van der Waals surface area contributed by atoms with Crippen LogP contribution in [0.25, 0.3) is 0 Å². The molecule has 2 rings (SSSR count). The van der Waals surface area contributed by atoms with Crippen molar-refractivity contribution in [3.63, 3.8) is 0 Å². The van der Waals surface area contributed by atoms with Crippen LogP contribution in [-0.4, -0.2) is 24.1 Å². The zero-order chi connectivity index (χ0) is 13.0. The Hall–Kier alpha value is -1.23. The van der Waals surface area contributed by atoms with Crippen molar-refractivity contribution in [2.45, 2.75) is 25.7 Å². The quantitative estimate of drug-likeness (QED) is 0.382. The third kappa shape index (κ3) is 2.96. The Morgan fingerprint density at radius 3 is 2.50 bits per heavy atom. The molecule has 0 aromatic heterocycles. The first-order valence-electron chi connectivity index (χ1n) is 6.25. The SMILES string of the molecule is N/C(=N/O)c1cc(Br)ccc1N1CCCCCC1. The van der Waals surface area contributed by atoms with Gasteiger partial charge >= 0.3 is 0 Å². The van der Waals surface area contributed by atoms with Crippen LogP contribution in [0.3, 0.4) is 0 Å². The molecule has 1 aromatic carbocycles. The van der Waals surface area contributed by atoms with Crippen molar-refractivity contribution < 1.29 is 5.21 Å². The lowest BCUT2D eigenvalue weighted by molar-refractivity contribution is 0.318. The maximum absolute atomic E-state index is 8.89. The number of nitrogens with zero attached hydrogens (tertiary/aromatic N) is 2. The van der Waals surface area contributed by atoms with Gasteiger partial charge in [0.1, 0.15) is 0 Å². The molecule has 0 atom stereocenters. The molecule has 0 spiro atoms. The van der Waals surface area contributed by atoms with Crippen LogP contribution < -0.4 is 10.6 Å². The maximum Gasteiger partial charge on any atom is 0.172 e. The fourth-order valence-electron chi connectivity index (χ4n) is 2.35. The molecule has 3 N–H and O–H groups in total. The average Bonchev–Trinajstić information content (AvgIpc) is 2.66. The van der Waals surface area contributed by atoms with Crippen LogP contribution in [0.15, 0.2) is 27.8 Å². The van der Waals surface area contributed by atoms with E-state index >= 15 is 0 Å². The molecule has 0 saturated carbocycles. The minimum Gasteiger partial charge on any atom is -0.409 e. The fourth-order valence-corrected chi connectivity index (χ4v) is 2.72. The summed E-state index contributed by atoms with van der Waals surface area (Å²) in [6.07, 6.45) is 4.97. The molecule has 0 bridgehead atoms. The van der Waals surface area contributed by atoms with E-state index in [2.05, 4.69) is 26.0 Å². The molecular weight excluding hydrogens is 294 g/mol. The molecule has 1 aliphatic rings. The van der Waals surface area contributed by atoms with Gasteiger partial charge in [0, 0.05) is 28.8 Å². The summed E-state index contributed by atoms with van der Waals surface area (Å²) < 4.78 is 0.933. The van der Waals surface area contributed by atoms with Gasteiger partial charge in [0.05, 0.1) is 0 Å². The topological polar surface area (TPSA) is 61.9 Å². The van der Waals surface area contributed by atoms with Crippen molar-refractivity contribution in [2.24, 2.45) is 10.9 Å². The van der Waals surface area contributed by atoms with Crippen molar-refractivity contribution in [2.75, 3.05) is 18.0 Å². The van der Waals surface area contributed by atoms with Crippen molar-refractivity contribution >= 4 is 27.5 Å². The Balaban J connectivity index is 2.36. The van der Waals surface area contributed by atoms with Gasteiger partial charge in [-0.15, -0.1) is 0 Å². The normalized spacial score (nSPS) is 17.6. The summed E-state index contributed by atoms with van der Waals surface area (Å²) in [5.41, 5.74) is 7.60. The van der Waals surface area contributed by atoms with Gasteiger partial charge < -0.3 is 15.8 Å². The molecule has 1 heterocycles. The van der Waals surface area contributed by atoms with Gasteiger partial charge in [0.15, 0.2) is 5.84 Å². The maximum atomic E-state index is 8.89. The Kier molecular flexibility index (Phi) is 4.47. The van der Waals surface area contributed by atoms with Gasteiger partial charge in [-0.2, -0.15) is 0 Å². The molecule has 1 aliphatic heterocycles. The zero-order valence-corrected chi connectivity index (χ0v) is 11.9. The number of benzene rings is 1. The number of halogens is 1. The highest BCUT2D eigenvalue weighted by Gasteiger charge is 2.16. The van der Waals surface area contributed by atoms with Crippen LogP contribution in [0.2, 0.25) is 0 Å². The van der Waals surface area contributed by atoms with Gasteiger partial charge in [-0.05, 0) is 31.0 Å². The van der Waals surface area contributed by atoms with Gasteiger partial charge in [0.2, 0.25) is 0 Å². The Morgan fingerprint density at radius 1 is 1.22 bits per heavy atom. The first-order valence-corrected chi connectivity index (χ1v) is 7.04. The fraction of sp³-hybridized carbons (Fsp3) is 0.462. The zero-order valence-electron chi connectivity index (χ0n) is 10.3. The van der Waals surface area contributed by atoms with Gasteiger partial charge in [-0.3, -0.25) is 0 Å². The Morgan fingerprint density at radius 2 is 1.89 bits per heavy atom. The Bertz CT molecular complexity index is 440. The summed E-state index contributed by atoms with van der Waals surface area (Å²) in [5, 5.41) is 12.0. The minimum absolute atomic E-state index is 0.163. The van der Waals surface area contributed by atoms with Crippen LogP contribution in [-0.2, 0) is 0 Å². The van der Waals surface area contributed by atoms with Gasteiger partial charge in [0.25, 0.3) is 0 Å². The van der Waals surface area contributed by atoms with Crippen LogP contribution in [0.1, 0.15) is 31.2 Å². The predicted molar refractivity (Wildman–Crippen MR) is 77.3 cm³/mol. The summed E-state index contributed by atoms with van der Waals surface area (Å²) >= 11 is 3.42. The largest absolute Gasteiger partial charge is 0.409 e. The Labute approximate surface area is 116 Å². The van der Waals surface area contributed by atoms with E-state index in [1.54, 1.807) is 0 Å². The number of oxime groups is 1. The molecule has 18 heavy (non-hydrogen) atoms. The van der Waals surface area contributed by atoms with E-state index in [1.165, 1.54) is 25.7 Å². The van der Waals surface area contributed by atoms with E-state index in [4.69, 9.17) is 10.9 Å². The van der Waals surface area contributed by atoms with Crippen molar-refractivity contribution in [3.05, 3.63) is 28.2 Å². The average molecular weight is 312 g/mol.